The Kier molecular flexibility index (Phi) is 4.20. The number of fused-ring (bicyclic) bond motifs is 1. The van der Waals surface area contributed by atoms with Gasteiger partial charge in [-0.25, -0.2) is 0 Å². The molecule has 0 radical (unpaired) electrons. The number of benzene rings is 2. The lowest BCUT2D eigenvalue weighted by Gasteiger charge is -2.09. The Morgan fingerprint density at radius 3 is 2.54 bits per heavy atom. The summed E-state index contributed by atoms with van der Waals surface area (Å²) in [5.41, 5.74) is 0.202. The topological polar surface area (TPSA) is 33.0 Å². The number of aromatic nitrogens is 1. The number of nitrogens with zero attached hydrogens (tertiary/aromatic N) is 1. The molecule has 1 aromatic heterocycles. The summed E-state index contributed by atoms with van der Waals surface area (Å²) >= 11 is 0. The van der Waals surface area contributed by atoms with Crippen LogP contribution in [0.15, 0.2) is 66.9 Å². The molecule has 0 aliphatic carbocycles. The van der Waals surface area contributed by atoms with Gasteiger partial charge in [0.15, 0.2) is 6.20 Å². The van der Waals surface area contributed by atoms with Gasteiger partial charge >= 0.3 is 6.18 Å². The summed E-state index contributed by atoms with van der Waals surface area (Å²) in [7, 11) is 0. The first-order chi connectivity index (χ1) is 11.4. The fourth-order valence-electron chi connectivity index (χ4n) is 2.49. The monoisotopic (exact) mass is 331 g/mol. The number of rotatable bonds is 3. The third-order valence-corrected chi connectivity index (χ3v) is 3.58. The van der Waals surface area contributed by atoms with Gasteiger partial charge in [0, 0.05) is 23.2 Å². The molecule has 0 bridgehead atoms. The summed E-state index contributed by atoms with van der Waals surface area (Å²) in [5.74, 6) is -0.393. The minimum atomic E-state index is -4.44. The number of hydrogen-bond donors (Lipinski definition) is 1. The Balaban J connectivity index is 1.78. The van der Waals surface area contributed by atoms with Crippen molar-refractivity contribution in [3.05, 3.63) is 72.4 Å². The van der Waals surface area contributed by atoms with Gasteiger partial charge in [0.2, 0.25) is 12.1 Å². The zero-order chi connectivity index (χ0) is 17.2. The van der Waals surface area contributed by atoms with E-state index < -0.39 is 17.6 Å². The van der Waals surface area contributed by atoms with Gasteiger partial charge in [-0.05, 0) is 30.3 Å². The molecule has 0 aliphatic rings. The number of carbonyl (C=O) groups is 1. The van der Waals surface area contributed by atoms with E-state index in [1.165, 1.54) is 12.1 Å². The molecule has 3 rings (SSSR count). The molecule has 3 nitrogen and oxygen atoms in total. The van der Waals surface area contributed by atoms with Crippen molar-refractivity contribution in [3.8, 4) is 0 Å². The maximum absolute atomic E-state index is 12.7. The van der Waals surface area contributed by atoms with Crippen molar-refractivity contribution in [3.63, 3.8) is 0 Å². The number of halogens is 3. The quantitative estimate of drug-likeness (QED) is 0.728. The molecule has 24 heavy (non-hydrogen) atoms. The second kappa shape index (κ2) is 6.31. The van der Waals surface area contributed by atoms with Gasteiger partial charge in [0.1, 0.15) is 0 Å². The Bertz CT molecular complexity index is 885. The van der Waals surface area contributed by atoms with E-state index in [2.05, 4.69) is 5.32 Å². The molecule has 1 heterocycles. The predicted molar refractivity (Wildman–Crippen MR) is 84.2 cm³/mol. The molecule has 2 aromatic carbocycles. The fourth-order valence-corrected chi connectivity index (χ4v) is 2.49. The van der Waals surface area contributed by atoms with E-state index in [4.69, 9.17) is 0 Å². The van der Waals surface area contributed by atoms with E-state index in [9.17, 15) is 18.0 Å². The normalized spacial score (nSPS) is 11.5. The van der Waals surface area contributed by atoms with Crippen LogP contribution in [0.3, 0.4) is 0 Å². The molecule has 0 spiro atoms. The second-order valence-corrected chi connectivity index (χ2v) is 5.32. The number of alkyl halides is 3. The van der Waals surface area contributed by atoms with Crippen molar-refractivity contribution < 1.29 is 22.5 Å². The van der Waals surface area contributed by atoms with Gasteiger partial charge in [-0.1, -0.05) is 18.2 Å². The highest BCUT2D eigenvalue weighted by Gasteiger charge is 2.30. The van der Waals surface area contributed by atoms with E-state index >= 15 is 0 Å². The first-order valence-corrected chi connectivity index (χ1v) is 7.28. The minimum absolute atomic E-state index is 0.0115. The minimum Gasteiger partial charge on any atom is -0.321 e. The highest BCUT2D eigenvalue weighted by Crippen LogP contribution is 2.30. The van der Waals surface area contributed by atoms with E-state index in [0.717, 1.165) is 23.0 Å². The molecule has 1 N–H and O–H groups in total. The second-order valence-electron chi connectivity index (χ2n) is 5.32. The van der Waals surface area contributed by atoms with Crippen LogP contribution < -0.4 is 9.88 Å². The summed E-state index contributed by atoms with van der Waals surface area (Å²) in [6.07, 6.45) is -2.68. The van der Waals surface area contributed by atoms with Crippen LogP contribution >= 0.6 is 0 Å². The molecule has 6 heteroatoms. The lowest BCUT2D eigenvalue weighted by molar-refractivity contribution is -0.658. The van der Waals surface area contributed by atoms with Crippen LogP contribution in [-0.2, 0) is 17.5 Å². The molecular formula is C18H14F3N2O+. The summed E-state index contributed by atoms with van der Waals surface area (Å²) in [6.45, 7) is 0.0115. The van der Waals surface area contributed by atoms with Crippen LogP contribution in [0.2, 0.25) is 0 Å². The van der Waals surface area contributed by atoms with Crippen molar-refractivity contribution in [2.75, 3.05) is 5.32 Å². The largest absolute Gasteiger partial charge is 0.416 e. The number of anilines is 1. The van der Waals surface area contributed by atoms with Gasteiger partial charge in [0.05, 0.1) is 5.56 Å². The summed E-state index contributed by atoms with van der Waals surface area (Å²) in [5, 5.41) is 3.49. The highest BCUT2D eigenvalue weighted by atomic mass is 19.4. The molecule has 0 saturated heterocycles. The van der Waals surface area contributed by atoms with E-state index in [1.54, 1.807) is 10.8 Å². The molecule has 1 amide bonds. The van der Waals surface area contributed by atoms with Crippen molar-refractivity contribution in [2.45, 2.75) is 12.7 Å². The number of para-hydroxylation sites is 1. The van der Waals surface area contributed by atoms with Crippen LogP contribution in [0.4, 0.5) is 18.9 Å². The van der Waals surface area contributed by atoms with Crippen molar-refractivity contribution in [1.82, 2.24) is 0 Å². The first kappa shape index (κ1) is 16.0. The van der Waals surface area contributed by atoms with Gasteiger partial charge < -0.3 is 5.32 Å². The Hall–Kier alpha value is -2.89. The maximum atomic E-state index is 12.7. The van der Waals surface area contributed by atoms with Crippen molar-refractivity contribution >= 4 is 22.5 Å². The standard InChI is InChI=1S/C18H13F3N2O/c19-18(20,21)14-7-3-8-15(11-14)22-17(24)12-23-10-4-6-13-5-1-2-9-16(13)23/h1-11H,12H2/p+1. The zero-order valence-electron chi connectivity index (χ0n) is 12.5. The predicted octanol–water partition coefficient (Wildman–Crippen LogP) is 3.78. The Morgan fingerprint density at radius 2 is 1.75 bits per heavy atom. The van der Waals surface area contributed by atoms with Crippen LogP contribution in [0.25, 0.3) is 10.9 Å². The van der Waals surface area contributed by atoms with Gasteiger partial charge in [-0.15, -0.1) is 0 Å². The number of amides is 1. The van der Waals surface area contributed by atoms with Crippen molar-refractivity contribution in [1.29, 1.82) is 0 Å². The maximum Gasteiger partial charge on any atom is 0.416 e. The SMILES string of the molecule is O=C(C[n+]1cccc2ccccc21)Nc1cccc(C(F)(F)F)c1. The molecular weight excluding hydrogens is 317 g/mol. The van der Waals surface area contributed by atoms with Crippen LogP contribution in [0, 0.1) is 0 Å². The van der Waals surface area contributed by atoms with Crippen LogP contribution in [0.5, 0.6) is 0 Å². The summed E-state index contributed by atoms with van der Waals surface area (Å²) in [6, 6.07) is 15.9. The highest BCUT2D eigenvalue weighted by molar-refractivity contribution is 5.90. The summed E-state index contributed by atoms with van der Waals surface area (Å²) < 4.78 is 39.9. The molecule has 0 atom stereocenters. The lowest BCUT2D eigenvalue weighted by atomic mass is 10.2. The molecule has 0 aliphatic heterocycles. The third-order valence-electron chi connectivity index (χ3n) is 3.58. The van der Waals surface area contributed by atoms with E-state index in [0.29, 0.717) is 0 Å². The van der Waals surface area contributed by atoms with Gasteiger partial charge in [0.25, 0.3) is 5.91 Å². The third kappa shape index (κ3) is 3.53. The number of nitrogens with one attached hydrogen (secondary N) is 1. The molecule has 3 aromatic rings. The average Bonchev–Trinajstić information content (AvgIpc) is 2.54. The molecule has 0 saturated carbocycles. The number of hydrogen-bond acceptors (Lipinski definition) is 1. The van der Waals surface area contributed by atoms with Crippen LogP contribution in [-0.4, -0.2) is 5.91 Å². The van der Waals surface area contributed by atoms with E-state index in [-0.39, 0.29) is 12.2 Å². The molecule has 0 fully saturated rings. The van der Waals surface area contributed by atoms with Gasteiger partial charge in [-0.2, -0.15) is 17.7 Å². The van der Waals surface area contributed by atoms with Gasteiger partial charge in [-0.3, -0.25) is 4.79 Å². The Morgan fingerprint density at radius 1 is 1.00 bits per heavy atom. The number of carbonyl (C=O) groups excluding carboxylic acids is 1. The smallest absolute Gasteiger partial charge is 0.321 e. The molecule has 122 valence electrons. The fraction of sp³-hybridized carbons (Fsp3) is 0.111. The average molecular weight is 331 g/mol. The zero-order valence-corrected chi connectivity index (χ0v) is 12.5. The van der Waals surface area contributed by atoms with E-state index in [1.807, 2.05) is 36.4 Å². The lowest BCUT2D eigenvalue weighted by Crippen LogP contribution is -2.40. The summed E-state index contributed by atoms with van der Waals surface area (Å²) in [4.78, 5) is 12.2. The Labute approximate surface area is 136 Å². The number of pyridine rings is 1. The van der Waals surface area contributed by atoms with Crippen molar-refractivity contribution in [2.24, 2.45) is 0 Å². The molecule has 0 unspecified atom stereocenters. The first-order valence-electron chi connectivity index (χ1n) is 7.28. The van der Waals surface area contributed by atoms with Crippen LogP contribution in [0.1, 0.15) is 5.56 Å².